The van der Waals surface area contributed by atoms with E-state index in [0.717, 1.165) is 5.56 Å². The van der Waals surface area contributed by atoms with Gasteiger partial charge >= 0.3 is 0 Å². The molecule has 2 unspecified atom stereocenters. The Hall–Kier alpha value is -1.10. The zero-order chi connectivity index (χ0) is 13.4. The summed E-state index contributed by atoms with van der Waals surface area (Å²) < 4.78 is 15.7. The molecule has 4 nitrogen and oxygen atoms in total. The average Bonchev–Trinajstić information content (AvgIpc) is 2.39. The van der Waals surface area contributed by atoms with Gasteiger partial charge in [-0.25, -0.2) is 0 Å². The number of methoxy groups -OCH3 is 2. The molecule has 1 rings (SSSR count). The maximum absolute atomic E-state index is 10.2. The summed E-state index contributed by atoms with van der Waals surface area (Å²) in [6.45, 7) is 2.93. The summed E-state index contributed by atoms with van der Waals surface area (Å²) in [6.07, 6.45) is -0.0352. The van der Waals surface area contributed by atoms with Crippen LogP contribution in [0.1, 0.15) is 25.0 Å². The molecule has 2 atom stereocenters. The van der Waals surface area contributed by atoms with Gasteiger partial charge in [0.25, 0.3) is 0 Å². The molecule has 1 aromatic rings. The third kappa shape index (κ3) is 4.64. The smallest absolute Gasteiger partial charge is 0.125 e. The fourth-order valence-corrected chi connectivity index (χ4v) is 1.66. The van der Waals surface area contributed by atoms with E-state index in [0.29, 0.717) is 25.4 Å². The molecule has 0 heterocycles. The van der Waals surface area contributed by atoms with Crippen molar-refractivity contribution in [2.24, 2.45) is 0 Å². The van der Waals surface area contributed by atoms with Gasteiger partial charge < -0.3 is 19.3 Å². The van der Waals surface area contributed by atoms with Crippen molar-refractivity contribution < 1.29 is 19.3 Å². The number of benzene rings is 1. The molecule has 1 N–H and O–H groups in total. The molecule has 0 aromatic heterocycles. The second-order valence-corrected chi connectivity index (χ2v) is 4.18. The van der Waals surface area contributed by atoms with Gasteiger partial charge in [-0.3, -0.25) is 0 Å². The monoisotopic (exact) mass is 254 g/mol. The molecule has 0 aliphatic carbocycles. The zero-order valence-corrected chi connectivity index (χ0v) is 11.3. The highest BCUT2D eigenvalue weighted by atomic mass is 16.5. The van der Waals surface area contributed by atoms with Gasteiger partial charge in [-0.2, -0.15) is 0 Å². The highest BCUT2D eigenvalue weighted by molar-refractivity contribution is 5.35. The van der Waals surface area contributed by atoms with Crippen LogP contribution < -0.4 is 4.74 Å². The van der Waals surface area contributed by atoms with Crippen LogP contribution in [0.15, 0.2) is 24.3 Å². The SMILES string of the molecule is COCCOc1ccccc1C(O)CC(C)OC. The minimum atomic E-state index is -0.585. The first kappa shape index (κ1) is 15.0. The lowest BCUT2D eigenvalue weighted by Crippen LogP contribution is -2.13. The van der Waals surface area contributed by atoms with Crippen molar-refractivity contribution >= 4 is 0 Å². The third-order valence-corrected chi connectivity index (χ3v) is 2.78. The van der Waals surface area contributed by atoms with Gasteiger partial charge in [0.1, 0.15) is 12.4 Å². The number of para-hydroxylation sites is 1. The van der Waals surface area contributed by atoms with Gasteiger partial charge in [0.15, 0.2) is 0 Å². The Kier molecular flexibility index (Phi) is 6.72. The Morgan fingerprint density at radius 2 is 1.89 bits per heavy atom. The number of ether oxygens (including phenoxy) is 3. The molecule has 0 amide bonds. The Morgan fingerprint density at radius 3 is 2.56 bits per heavy atom. The van der Waals surface area contributed by atoms with Crippen LogP contribution in [0, 0.1) is 0 Å². The molecule has 0 aliphatic heterocycles. The lowest BCUT2D eigenvalue weighted by Gasteiger charge is -2.18. The number of aliphatic hydroxyl groups is 1. The maximum Gasteiger partial charge on any atom is 0.125 e. The summed E-state index contributed by atoms with van der Waals surface area (Å²) in [5.41, 5.74) is 0.789. The van der Waals surface area contributed by atoms with Crippen molar-refractivity contribution in [3.63, 3.8) is 0 Å². The van der Waals surface area contributed by atoms with Crippen molar-refractivity contribution in [1.29, 1.82) is 0 Å². The maximum atomic E-state index is 10.2. The van der Waals surface area contributed by atoms with E-state index in [9.17, 15) is 5.11 Å². The molecule has 18 heavy (non-hydrogen) atoms. The normalized spacial score (nSPS) is 14.2. The quantitative estimate of drug-likeness (QED) is 0.722. The van der Waals surface area contributed by atoms with Crippen LogP contribution in [0.25, 0.3) is 0 Å². The molecule has 0 saturated carbocycles. The predicted molar refractivity (Wildman–Crippen MR) is 69.9 cm³/mol. The largest absolute Gasteiger partial charge is 0.491 e. The van der Waals surface area contributed by atoms with Crippen molar-refractivity contribution in [1.82, 2.24) is 0 Å². The van der Waals surface area contributed by atoms with Crippen LogP contribution in [0.2, 0.25) is 0 Å². The minimum absolute atomic E-state index is 0.00651. The van der Waals surface area contributed by atoms with E-state index < -0.39 is 6.10 Å². The van der Waals surface area contributed by atoms with E-state index in [2.05, 4.69) is 0 Å². The van der Waals surface area contributed by atoms with Gasteiger partial charge in [0, 0.05) is 26.2 Å². The van der Waals surface area contributed by atoms with Crippen molar-refractivity contribution in [3.05, 3.63) is 29.8 Å². The van der Waals surface area contributed by atoms with Gasteiger partial charge in [0.05, 0.1) is 18.8 Å². The number of hydrogen-bond acceptors (Lipinski definition) is 4. The lowest BCUT2D eigenvalue weighted by atomic mass is 10.0. The van der Waals surface area contributed by atoms with Gasteiger partial charge in [-0.05, 0) is 13.0 Å². The number of aliphatic hydroxyl groups excluding tert-OH is 1. The van der Waals surface area contributed by atoms with Crippen molar-refractivity contribution in [3.8, 4) is 5.75 Å². The van der Waals surface area contributed by atoms with Crippen molar-refractivity contribution in [2.75, 3.05) is 27.4 Å². The lowest BCUT2D eigenvalue weighted by molar-refractivity contribution is 0.0542. The van der Waals surface area contributed by atoms with Crippen LogP contribution in [-0.4, -0.2) is 38.6 Å². The Labute approximate surface area is 108 Å². The number of rotatable bonds is 8. The number of hydrogen-bond donors (Lipinski definition) is 1. The molecule has 0 aliphatic rings. The van der Waals surface area contributed by atoms with Crippen LogP contribution in [0.3, 0.4) is 0 Å². The molecule has 0 radical (unpaired) electrons. The first-order valence-electron chi connectivity index (χ1n) is 6.10. The van der Waals surface area contributed by atoms with Gasteiger partial charge in [-0.15, -0.1) is 0 Å². The van der Waals surface area contributed by atoms with Crippen LogP contribution in [-0.2, 0) is 9.47 Å². The van der Waals surface area contributed by atoms with E-state index >= 15 is 0 Å². The summed E-state index contributed by atoms with van der Waals surface area (Å²) in [4.78, 5) is 0. The molecular weight excluding hydrogens is 232 g/mol. The molecule has 0 spiro atoms. The van der Waals surface area contributed by atoms with Crippen molar-refractivity contribution in [2.45, 2.75) is 25.6 Å². The van der Waals surface area contributed by atoms with Gasteiger partial charge in [0.2, 0.25) is 0 Å². The highest BCUT2D eigenvalue weighted by Crippen LogP contribution is 2.28. The van der Waals surface area contributed by atoms with Crippen LogP contribution >= 0.6 is 0 Å². The Morgan fingerprint density at radius 1 is 1.17 bits per heavy atom. The molecule has 102 valence electrons. The second kappa shape index (κ2) is 8.08. The fourth-order valence-electron chi connectivity index (χ4n) is 1.66. The van der Waals surface area contributed by atoms with Crippen LogP contribution in [0.4, 0.5) is 0 Å². The van der Waals surface area contributed by atoms with E-state index in [4.69, 9.17) is 14.2 Å². The molecule has 1 aromatic carbocycles. The minimum Gasteiger partial charge on any atom is -0.491 e. The summed E-state index contributed by atoms with van der Waals surface area (Å²) in [7, 11) is 3.27. The molecule has 0 fully saturated rings. The summed E-state index contributed by atoms with van der Waals surface area (Å²) in [5.74, 6) is 0.699. The molecule has 0 bridgehead atoms. The topological polar surface area (TPSA) is 47.9 Å². The highest BCUT2D eigenvalue weighted by Gasteiger charge is 2.16. The predicted octanol–water partition coefficient (Wildman–Crippen LogP) is 2.17. The second-order valence-electron chi connectivity index (χ2n) is 4.18. The molecule has 4 heteroatoms. The van der Waals surface area contributed by atoms with E-state index in [1.54, 1.807) is 14.2 Å². The third-order valence-electron chi connectivity index (χ3n) is 2.78. The Balaban J connectivity index is 2.68. The summed E-state index contributed by atoms with van der Waals surface area (Å²) in [6, 6.07) is 7.50. The van der Waals surface area contributed by atoms with Gasteiger partial charge in [-0.1, -0.05) is 18.2 Å². The summed E-state index contributed by atoms with van der Waals surface area (Å²) >= 11 is 0. The molecule has 0 saturated heterocycles. The first-order chi connectivity index (χ1) is 8.69. The standard InChI is InChI=1S/C14H22O4/c1-11(17-3)10-13(15)12-6-4-5-7-14(12)18-9-8-16-2/h4-7,11,13,15H,8-10H2,1-3H3. The molecular formula is C14H22O4. The Bertz CT molecular complexity index is 340. The van der Waals surface area contributed by atoms with Crippen LogP contribution in [0.5, 0.6) is 5.75 Å². The first-order valence-corrected chi connectivity index (χ1v) is 6.10. The van der Waals surface area contributed by atoms with E-state index in [-0.39, 0.29) is 6.10 Å². The average molecular weight is 254 g/mol. The van der Waals surface area contributed by atoms with E-state index in [1.807, 2.05) is 31.2 Å². The van der Waals surface area contributed by atoms with E-state index in [1.165, 1.54) is 0 Å². The zero-order valence-electron chi connectivity index (χ0n) is 11.3. The fraction of sp³-hybridized carbons (Fsp3) is 0.571. The summed E-state index contributed by atoms with van der Waals surface area (Å²) in [5, 5.41) is 10.2.